The zero-order chi connectivity index (χ0) is 23.4. The number of piperazine rings is 1. The van der Waals surface area contributed by atoms with Gasteiger partial charge in [0.2, 0.25) is 10.0 Å². The Morgan fingerprint density at radius 1 is 0.939 bits per heavy atom. The van der Waals surface area contributed by atoms with Gasteiger partial charge in [-0.25, -0.2) is 8.42 Å². The summed E-state index contributed by atoms with van der Waals surface area (Å²) in [7, 11) is 0.299. The Hall–Kier alpha value is -2.20. The summed E-state index contributed by atoms with van der Waals surface area (Å²) >= 11 is 0. The number of amides is 1. The largest absolute Gasteiger partial charge is 0.347 e. The van der Waals surface area contributed by atoms with Gasteiger partial charge < -0.3 is 14.8 Å². The molecule has 0 spiro atoms. The van der Waals surface area contributed by atoms with Gasteiger partial charge in [-0.2, -0.15) is 4.31 Å². The van der Waals surface area contributed by atoms with Gasteiger partial charge in [-0.15, -0.1) is 0 Å². The maximum absolute atomic E-state index is 12.9. The zero-order valence-corrected chi connectivity index (χ0v) is 20.5. The smallest absolute Gasteiger partial charge is 0.268 e. The Morgan fingerprint density at radius 3 is 2.36 bits per heavy atom. The Morgan fingerprint density at radius 2 is 1.64 bits per heavy atom. The van der Waals surface area contributed by atoms with Crippen LogP contribution in [0.15, 0.2) is 41.4 Å². The van der Waals surface area contributed by atoms with Crippen LogP contribution in [0, 0.1) is 0 Å². The maximum atomic E-state index is 12.9. The second-order valence-corrected chi connectivity index (χ2v) is 11.2. The fraction of sp³-hybridized carbons (Fsp3) is 0.542. The first-order valence-corrected chi connectivity index (χ1v) is 13.2. The highest BCUT2D eigenvalue weighted by atomic mass is 32.2. The molecule has 1 aromatic carbocycles. The number of sulfonamides is 1. The first-order chi connectivity index (χ1) is 15.8. The van der Waals surface area contributed by atoms with Crippen LogP contribution < -0.4 is 5.32 Å². The van der Waals surface area contributed by atoms with Crippen LogP contribution in [0.4, 0.5) is 0 Å². The van der Waals surface area contributed by atoms with Crippen molar-refractivity contribution in [1.82, 2.24) is 24.0 Å². The van der Waals surface area contributed by atoms with E-state index in [4.69, 9.17) is 0 Å². The van der Waals surface area contributed by atoms with E-state index in [1.807, 2.05) is 12.1 Å². The molecule has 4 rings (SSSR count). The van der Waals surface area contributed by atoms with Gasteiger partial charge in [-0.3, -0.25) is 9.69 Å². The third-order valence-corrected chi connectivity index (χ3v) is 8.48. The van der Waals surface area contributed by atoms with Crippen LogP contribution in [-0.2, 0) is 30.2 Å². The number of nitrogens with one attached hydrogen (secondary N) is 1. The summed E-state index contributed by atoms with van der Waals surface area (Å²) in [5, 5.41) is 2.95. The summed E-state index contributed by atoms with van der Waals surface area (Å²) in [4.78, 5) is 17.8. The predicted molar refractivity (Wildman–Crippen MR) is 128 cm³/mol. The lowest BCUT2D eigenvalue weighted by Gasteiger charge is -2.32. The summed E-state index contributed by atoms with van der Waals surface area (Å²) in [5.74, 6) is -0.276. The van der Waals surface area contributed by atoms with Crippen LogP contribution in [0.1, 0.15) is 40.9 Å². The molecule has 1 N–H and O–H groups in total. The third-order valence-electron chi connectivity index (χ3n) is 6.61. The van der Waals surface area contributed by atoms with Gasteiger partial charge in [0.25, 0.3) is 5.91 Å². The molecule has 0 radical (unpaired) electrons. The summed E-state index contributed by atoms with van der Waals surface area (Å²) in [6.45, 7) is 6.69. The van der Waals surface area contributed by atoms with Crippen LogP contribution in [0.3, 0.4) is 0 Å². The van der Waals surface area contributed by atoms with Gasteiger partial charge in [0.15, 0.2) is 0 Å². The summed E-state index contributed by atoms with van der Waals surface area (Å²) in [6, 6.07) is 9.78. The number of rotatable bonds is 7. The first kappa shape index (κ1) is 23.9. The molecule has 2 saturated heterocycles. The van der Waals surface area contributed by atoms with Gasteiger partial charge in [-0.05, 0) is 37.1 Å². The standard InChI is InChI=1S/C24H35N5O3S/c1-26-11-13-28(14-12-26)18-21-8-6-7-20(15-21)17-25-24(30)23-16-22(19-27(23)2)33(31,32)29-9-4-3-5-10-29/h6-8,15-16,19H,3-5,9-14,17-18H2,1-2H3,(H,25,30). The number of piperidine rings is 1. The second-order valence-electron chi connectivity index (χ2n) is 9.22. The maximum Gasteiger partial charge on any atom is 0.268 e. The molecule has 9 heteroatoms. The Balaban J connectivity index is 1.37. The van der Waals surface area contributed by atoms with E-state index in [0.717, 1.165) is 57.5 Å². The lowest BCUT2D eigenvalue weighted by molar-refractivity contribution is 0.0942. The summed E-state index contributed by atoms with van der Waals surface area (Å²) in [5.41, 5.74) is 2.62. The second kappa shape index (κ2) is 10.4. The summed E-state index contributed by atoms with van der Waals surface area (Å²) < 4.78 is 29.0. The number of nitrogens with zero attached hydrogens (tertiary/aromatic N) is 4. The molecule has 0 unspecified atom stereocenters. The number of aryl methyl sites for hydroxylation is 1. The zero-order valence-electron chi connectivity index (χ0n) is 19.7. The van der Waals surface area contributed by atoms with E-state index in [1.54, 1.807) is 11.6 Å². The molecule has 2 aliphatic rings. The lowest BCUT2D eigenvalue weighted by atomic mass is 10.1. The van der Waals surface area contributed by atoms with E-state index in [9.17, 15) is 13.2 Å². The van der Waals surface area contributed by atoms with Crippen molar-refractivity contribution in [1.29, 1.82) is 0 Å². The molecule has 0 bridgehead atoms. The molecule has 33 heavy (non-hydrogen) atoms. The predicted octanol–water partition coefficient (Wildman–Crippen LogP) is 1.88. The van der Waals surface area contributed by atoms with Gasteiger partial charge in [0.1, 0.15) is 10.6 Å². The van der Waals surface area contributed by atoms with E-state index < -0.39 is 10.0 Å². The van der Waals surface area contributed by atoms with Gasteiger partial charge in [-0.1, -0.05) is 30.7 Å². The van der Waals surface area contributed by atoms with Crippen molar-refractivity contribution in [2.24, 2.45) is 7.05 Å². The first-order valence-electron chi connectivity index (χ1n) is 11.8. The number of carbonyl (C=O) groups is 1. The number of likely N-dealkylation sites (N-methyl/N-ethyl adjacent to an activating group) is 1. The highest BCUT2D eigenvalue weighted by Gasteiger charge is 2.28. The van der Waals surface area contributed by atoms with E-state index in [0.29, 0.717) is 25.3 Å². The van der Waals surface area contributed by atoms with Gasteiger partial charge in [0.05, 0.1) is 0 Å². The minimum absolute atomic E-state index is 0.186. The number of carbonyl (C=O) groups excluding carboxylic acids is 1. The van der Waals surface area contributed by atoms with Crippen LogP contribution in [0.5, 0.6) is 0 Å². The van der Waals surface area contributed by atoms with Crippen LogP contribution in [0.25, 0.3) is 0 Å². The molecular weight excluding hydrogens is 438 g/mol. The normalized spacial score (nSPS) is 19.0. The fourth-order valence-electron chi connectivity index (χ4n) is 4.53. The molecule has 1 aromatic heterocycles. The SMILES string of the molecule is CN1CCN(Cc2cccc(CNC(=O)c3cc(S(=O)(=O)N4CCCCC4)cn3C)c2)CC1. The molecule has 0 saturated carbocycles. The average molecular weight is 474 g/mol. The molecule has 8 nitrogen and oxygen atoms in total. The van der Waals surface area contributed by atoms with Crippen molar-refractivity contribution in [2.45, 2.75) is 37.2 Å². The number of benzene rings is 1. The van der Waals surface area contributed by atoms with E-state index in [1.165, 1.54) is 22.1 Å². The molecule has 0 atom stereocenters. The van der Waals surface area contributed by atoms with Crippen molar-refractivity contribution in [3.63, 3.8) is 0 Å². The average Bonchev–Trinajstić information content (AvgIpc) is 3.22. The molecule has 1 amide bonds. The Bertz CT molecular complexity index is 1070. The molecule has 3 heterocycles. The van der Waals surface area contributed by atoms with Gasteiger partial charge >= 0.3 is 0 Å². The number of aromatic nitrogens is 1. The minimum Gasteiger partial charge on any atom is -0.347 e. The molecule has 0 aliphatic carbocycles. The van der Waals surface area contributed by atoms with Crippen molar-refractivity contribution in [2.75, 3.05) is 46.3 Å². The molecule has 2 aliphatic heterocycles. The fourth-order valence-corrected chi connectivity index (χ4v) is 6.12. The van der Waals surface area contributed by atoms with Crippen molar-refractivity contribution in [3.05, 3.63) is 53.3 Å². The third kappa shape index (κ3) is 5.84. The highest BCUT2D eigenvalue weighted by molar-refractivity contribution is 7.89. The van der Waals surface area contributed by atoms with Crippen LogP contribution in [0.2, 0.25) is 0 Å². The molecule has 2 fully saturated rings. The topological polar surface area (TPSA) is 77.9 Å². The Kier molecular flexibility index (Phi) is 7.53. The molecule has 2 aromatic rings. The van der Waals surface area contributed by atoms with Crippen LogP contribution in [-0.4, -0.2) is 79.3 Å². The van der Waals surface area contributed by atoms with Crippen molar-refractivity contribution in [3.8, 4) is 0 Å². The monoisotopic (exact) mass is 473 g/mol. The summed E-state index contributed by atoms with van der Waals surface area (Å²) in [6.07, 6.45) is 4.36. The van der Waals surface area contributed by atoms with Gasteiger partial charge in [0, 0.05) is 65.6 Å². The minimum atomic E-state index is -3.56. The quantitative estimate of drug-likeness (QED) is 0.664. The van der Waals surface area contributed by atoms with E-state index >= 15 is 0 Å². The number of hydrogen-bond donors (Lipinski definition) is 1. The number of hydrogen-bond acceptors (Lipinski definition) is 5. The molecular formula is C24H35N5O3S. The van der Waals surface area contributed by atoms with Crippen molar-refractivity contribution < 1.29 is 13.2 Å². The van der Waals surface area contributed by atoms with Crippen LogP contribution >= 0.6 is 0 Å². The lowest BCUT2D eigenvalue weighted by Crippen LogP contribution is -2.43. The molecule has 180 valence electrons. The highest BCUT2D eigenvalue weighted by Crippen LogP contribution is 2.22. The van der Waals surface area contributed by atoms with Crippen molar-refractivity contribution >= 4 is 15.9 Å². The Labute approximate surface area is 197 Å². The van der Waals surface area contributed by atoms with E-state index in [-0.39, 0.29) is 10.8 Å². The van der Waals surface area contributed by atoms with E-state index in [2.05, 4.69) is 34.3 Å².